The highest BCUT2D eigenvalue weighted by molar-refractivity contribution is 5.88. The van der Waals surface area contributed by atoms with Gasteiger partial charge in [0, 0.05) is 12.6 Å². The fourth-order valence-corrected chi connectivity index (χ4v) is 2.10. The Morgan fingerprint density at radius 3 is 2.60 bits per heavy atom. The number of carbonyl (C=O) groups is 1. The topological polar surface area (TPSA) is 63.1 Å². The van der Waals surface area contributed by atoms with Crippen molar-refractivity contribution in [1.82, 2.24) is 9.97 Å². The van der Waals surface area contributed by atoms with Gasteiger partial charge < -0.3 is 5.11 Å². The quantitative estimate of drug-likeness (QED) is 0.926. The molecule has 1 heterocycles. The molecule has 2 aromatic rings. The Bertz CT molecular complexity index is 636. The van der Waals surface area contributed by atoms with E-state index >= 15 is 0 Å². The predicted molar refractivity (Wildman–Crippen MR) is 77.1 cm³/mol. The van der Waals surface area contributed by atoms with Gasteiger partial charge in [0.2, 0.25) is 0 Å². The standard InChI is InChI=1S/C16H18N2O2/c1-10(2)15-13(16(19)20)9-17-14(18-15)8-12-7-5-4-6-11(12)3/h4-7,9-10H,8H2,1-3H3,(H,19,20). The van der Waals surface area contributed by atoms with Crippen LogP contribution in [0.3, 0.4) is 0 Å². The van der Waals surface area contributed by atoms with Gasteiger partial charge >= 0.3 is 5.97 Å². The highest BCUT2D eigenvalue weighted by atomic mass is 16.4. The van der Waals surface area contributed by atoms with Crippen LogP contribution in [-0.2, 0) is 6.42 Å². The Kier molecular flexibility index (Phi) is 4.13. The number of carboxylic acids is 1. The Hall–Kier alpha value is -2.23. The van der Waals surface area contributed by atoms with Gasteiger partial charge in [-0.1, -0.05) is 38.1 Å². The van der Waals surface area contributed by atoms with Gasteiger partial charge in [0.05, 0.1) is 11.3 Å². The first-order valence-electron chi connectivity index (χ1n) is 6.62. The molecule has 104 valence electrons. The Labute approximate surface area is 118 Å². The Morgan fingerprint density at radius 1 is 1.30 bits per heavy atom. The molecular weight excluding hydrogens is 252 g/mol. The van der Waals surface area contributed by atoms with Crippen LogP contribution in [0.15, 0.2) is 30.5 Å². The van der Waals surface area contributed by atoms with E-state index in [2.05, 4.69) is 9.97 Å². The molecule has 0 bridgehead atoms. The second kappa shape index (κ2) is 5.82. The van der Waals surface area contributed by atoms with E-state index in [-0.39, 0.29) is 11.5 Å². The number of benzene rings is 1. The molecule has 0 aliphatic carbocycles. The van der Waals surface area contributed by atoms with Crippen LogP contribution < -0.4 is 0 Å². The number of carboxylic acid groups (broad SMARTS) is 1. The number of rotatable bonds is 4. The maximum Gasteiger partial charge on any atom is 0.339 e. The van der Waals surface area contributed by atoms with Crippen molar-refractivity contribution >= 4 is 5.97 Å². The van der Waals surface area contributed by atoms with Crippen LogP contribution in [0.4, 0.5) is 0 Å². The van der Waals surface area contributed by atoms with Crippen LogP contribution in [0.5, 0.6) is 0 Å². The zero-order valence-electron chi connectivity index (χ0n) is 11.9. The molecule has 1 aromatic carbocycles. The highest BCUT2D eigenvalue weighted by Gasteiger charge is 2.16. The summed E-state index contributed by atoms with van der Waals surface area (Å²) >= 11 is 0. The summed E-state index contributed by atoms with van der Waals surface area (Å²) in [5, 5.41) is 9.16. The van der Waals surface area contributed by atoms with Crippen molar-refractivity contribution in [3.8, 4) is 0 Å². The first kappa shape index (κ1) is 14.2. The number of hydrogen-bond acceptors (Lipinski definition) is 3. The van der Waals surface area contributed by atoms with Crippen molar-refractivity contribution in [3.05, 3.63) is 58.7 Å². The van der Waals surface area contributed by atoms with Gasteiger partial charge in [0.1, 0.15) is 5.82 Å². The molecule has 0 saturated carbocycles. The largest absolute Gasteiger partial charge is 0.478 e. The lowest BCUT2D eigenvalue weighted by Crippen LogP contribution is -2.10. The van der Waals surface area contributed by atoms with E-state index in [0.29, 0.717) is 17.9 Å². The second-order valence-electron chi connectivity index (χ2n) is 5.15. The van der Waals surface area contributed by atoms with Crippen LogP contribution in [0.25, 0.3) is 0 Å². The van der Waals surface area contributed by atoms with Crippen LogP contribution >= 0.6 is 0 Å². The fourth-order valence-electron chi connectivity index (χ4n) is 2.10. The normalized spacial score (nSPS) is 10.8. The summed E-state index contributed by atoms with van der Waals surface area (Å²) in [7, 11) is 0. The first-order chi connectivity index (χ1) is 9.49. The third kappa shape index (κ3) is 3.02. The third-order valence-electron chi connectivity index (χ3n) is 3.26. The summed E-state index contributed by atoms with van der Waals surface area (Å²) in [5.74, 6) is -0.260. The second-order valence-corrected chi connectivity index (χ2v) is 5.15. The number of hydrogen-bond donors (Lipinski definition) is 1. The number of aromatic nitrogens is 2. The summed E-state index contributed by atoms with van der Waals surface area (Å²) in [6.45, 7) is 5.92. The molecule has 4 heteroatoms. The summed E-state index contributed by atoms with van der Waals surface area (Å²) in [6.07, 6.45) is 2.03. The van der Waals surface area contributed by atoms with Gasteiger partial charge in [-0.05, 0) is 24.0 Å². The number of aromatic carboxylic acids is 1. The maximum absolute atomic E-state index is 11.2. The van der Waals surface area contributed by atoms with Crippen molar-refractivity contribution in [2.24, 2.45) is 0 Å². The molecule has 0 atom stereocenters. The van der Waals surface area contributed by atoms with E-state index in [1.165, 1.54) is 11.8 Å². The Balaban J connectivity index is 2.37. The van der Waals surface area contributed by atoms with E-state index in [1.807, 2.05) is 45.0 Å². The predicted octanol–water partition coefficient (Wildman–Crippen LogP) is 3.20. The Morgan fingerprint density at radius 2 is 2.00 bits per heavy atom. The molecule has 0 spiro atoms. The van der Waals surface area contributed by atoms with Crippen LogP contribution in [0.2, 0.25) is 0 Å². The van der Waals surface area contributed by atoms with Crippen LogP contribution in [0, 0.1) is 6.92 Å². The molecule has 0 fully saturated rings. The van der Waals surface area contributed by atoms with E-state index in [0.717, 1.165) is 5.56 Å². The van der Waals surface area contributed by atoms with Crippen LogP contribution in [-0.4, -0.2) is 21.0 Å². The monoisotopic (exact) mass is 270 g/mol. The first-order valence-corrected chi connectivity index (χ1v) is 6.62. The molecule has 0 unspecified atom stereocenters. The van der Waals surface area contributed by atoms with Gasteiger partial charge in [-0.2, -0.15) is 0 Å². The van der Waals surface area contributed by atoms with Crippen molar-refractivity contribution in [2.45, 2.75) is 33.1 Å². The molecule has 0 amide bonds. The average molecular weight is 270 g/mol. The van der Waals surface area contributed by atoms with Crippen molar-refractivity contribution in [2.75, 3.05) is 0 Å². The molecule has 4 nitrogen and oxygen atoms in total. The lowest BCUT2D eigenvalue weighted by atomic mass is 10.0. The number of nitrogens with zero attached hydrogens (tertiary/aromatic N) is 2. The van der Waals surface area contributed by atoms with Crippen molar-refractivity contribution < 1.29 is 9.90 Å². The van der Waals surface area contributed by atoms with E-state index in [1.54, 1.807) is 0 Å². The van der Waals surface area contributed by atoms with Gasteiger partial charge in [0.15, 0.2) is 0 Å². The highest BCUT2D eigenvalue weighted by Crippen LogP contribution is 2.18. The molecule has 1 aromatic heterocycles. The molecule has 1 N–H and O–H groups in total. The molecule has 0 aliphatic heterocycles. The lowest BCUT2D eigenvalue weighted by molar-refractivity contribution is 0.0694. The van der Waals surface area contributed by atoms with Gasteiger partial charge in [-0.25, -0.2) is 14.8 Å². The van der Waals surface area contributed by atoms with E-state index in [9.17, 15) is 4.79 Å². The molecule has 0 saturated heterocycles. The number of aryl methyl sites for hydroxylation is 1. The minimum absolute atomic E-state index is 0.0553. The van der Waals surface area contributed by atoms with Gasteiger partial charge in [-0.3, -0.25) is 0 Å². The SMILES string of the molecule is Cc1ccccc1Cc1ncc(C(=O)O)c(C(C)C)n1. The van der Waals surface area contributed by atoms with E-state index in [4.69, 9.17) is 5.11 Å². The van der Waals surface area contributed by atoms with Gasteiger partial charge in [-0.15, -0.1) is 0 Å². The molecular formula is C16H18N2O2. The van der Waals surface area contributed by atoms with Crippen molar-refractivity contribution in [1.29, 1.82) is 0 Å². The third-order valence-corrected chi connectivity index (χ3v) is 3.26. The average Bonchev–Trinajstić information content (AvgIpc) is 2.41. The summed E-state index contributed by atoms with van der Waals surface area (Å²) in [6, 6.07) is 8.06. The minimum atomic E-state index is -0.976. The summed E-state index contributed by atoms with van der Waals surface area (Å²) < 4.78 is 0. The molecule has 0 aliphatic rings. The lowest BCUT2D eigenvalue weighted by Gasteiger charge is -2.11. The fraction of sp³-hybridized carbons (Fsp3) is 0.312. The summed E-state index contributed by atoms with van der Waals surface area (Å²) in [4.78, 5) is 19.8. The zero-order chi connectivity index (χ0) is 14.7. The molecule has 2 rings (SSSR count). The maximum atomic E-state index is 11.2. The van der Waals surface area contributed by atoms with Crippen molar-refractivity contribution in [3.63, 3.8) is 0 Å². The smallest absolute Gasteiger partial charge is 0.339 e. The zero-order valence-corrected chi connectivity index (χ0v) is 11.9. The van der Waals surface area contributed by atoms with Gasteiger partial charge in [0.25, 0.3) is 0 Å². The summed E-state index contributed by atoms with van der Waals surface area (Å²) in [5.41, 5.74) is 3.12. The minimum Gasteiger partial charge on any atom is -0.478 e. The molecule has 0 radical (unpaired) electrons. The van der Waals surface area contributed by atoms with Crippen LogP contribution in [0.1, 0.15) is 52.8 Å². The van der Waals surface area contributed by atoms with E-state index < -0.39 is 5.97 Å². The molecule has 20 heavy (non-hydrogen) atoms.